The van der Waals surface area contributed by atoms with Crippen LogP contribution in [-0.4, -0.2) is 45.4 Å². The molecule has 1 aromatic carbocycles. The molecule has 31 heavy (non-hydrogen) atoms. The van der Waals surface area contributed by atoms with E-state index in [1.807, 2.05) is 42.6 Å². The monoisotopic (exact) mass is 414 g/mol. The number of nitrogens with one attached hydrogen (secondary N) is 1. The number of benzene rings is 1. The number of carbonyl (C=O) groups excluding carboxylic acids is 1. The normalized spacial score (nSPS) is 19.7. The molecule has 1 aliphatic heterocycles. The Bertz CT molecular complexity index is 1160. The van der Waals surface area contributed by atoms with Crippen molar-refractivity contribution in [1.29, 1.82) is 0 Å². The minimum absolute atomic E-state index is 0.116. The fourth-order valence-electron chi connectivity index (χ4n) is 4.37. The number of carbonyl (C=O) groups is 1. The largest absolute Gasteiger partial charge is 0.350 e. The van der Waals surface area contributed by atoms with Gasteiger partial charge in [-0.1, -0.05) is 25.1 Å². The fraction of sp³-hybridized carbons (Fsp3) is 0.375. The maximum Gasteiger partial charge on any atom is 0.291 e. The molecule has 1 amide bonds. The zero-order chi connectivity index (χ0) is 21.3. The Morgan fingerprint density at radius 3 is 2.81 bits per heavy atom. The molecule has 1 saturated heterocycles. The number of aromatic nitrogens is 3. The molecule has 1 N–H and O–H groups in total. The van der Waals surface area contributed by atoms with Gasteiger partial charge < -0.3 is 9.88 Å². The summed E-state index contributed by atoms with van der Waals surface area (Å²) < 4.78 is 0. The van der Waals surface area contributed by atoms with Crippen LogP contribution in [-0.2, 0) is 4.79 Å². The summed E-state index contributed by atoms with van der Waals surface area (Å²) in [6.07, 6.45) is 8.13. The molecule has 7 nitrogen and oxygen atoms in total. The first-order chi connectivity index (χ1) is 15.2. The zero-order valence-corrected chi connectivity index (χ0v) is 17.7. The van der Waals surface area contributed by atoms with E-state index in [2.05, 4.69) is 31.8 Å². The van der Waals surface area contributed by atoms with E-state index in [0.29, 0.717) is 12.3 Å². The maximum atomic E-state index is 13.3. The van der Waals surface area contributed by atoms with E-state index in [0.717, 1.165) is 66.9 Å². The van der Waals surface area contributed by atoms with E-state index in [9.17, 15) is 4.79 Å². The molecule has 3 heterocycles. The molecule has 2 aromatic heterocycles. The van der Waals surface area contributed by atoms with Gasteiger partial charge in [-0.05, 0) is 50.3 Å². The number of rotatable bonds is 5. The van der Waals surface area contributed by atoms with Gasteiger partial charge in [0.1, 0.15) is 23.5 Å². The Labute approximate surface area is 181 Å². The number of aliphatic imine (C=N–C) groups is 2. The van der Waals surface area contributed by atoms with Gasteiger partial charge in [-0.3, -0.25) is 4.79 Å². The first-order valence-electron chi connectivity index (χ1n) is 11.0. The van der Waals surface area contributed by atoms with Crippen LogP contribution < -0.4 is 4.90 Å². The first-order valence-corrected chi connectivity index (χ1v) is 11.0. The van der Waals surface area contributed by atoms with Crippen molar-refractivity contribution in [2.45, 2.75) is 39.0 Å². The van der Waals surface area contributed by atoms with Crippen molar-refractivity contribution in [3.63, 3.8) is 0 Å². The van der Waals surface area contributed by atoms with Crippen molar-refractivity contribution in [2.75, 3.05) is 18.0 Å². The fourth-order valence-corrected chi connectivity index (χ4v) is 4.37. The summed E-state index contributed by atoms with van der Waals surface area (Å²) >= 11 is 0. The highest BCUT2D eigenvalue weighted by atomic mass is 16.1. The number of amides is 1. The topological polar surface area (TPSA) is 86.6 Å². The summed E-state index contributed by atoms with van der Waals surface area (Å²) in [7, 11) is 0. The summed E-state index contributed by atoms with van der Waals surface area (Å²) in [5.74, 6) is 0.700. The maximum absolute atomic E-state index is 13.3. The molecule has 2 aliphatic rings. The lowest BCUT2D eigenvalue weighted by atomic mass is 9.95. The third kappa shape index (κ3) is 3.87. The van der Waals surface area contributed by atoms with Gasteiger partial charge in [0.05, 0.1) is 17.6 Å². The quantitative estimate of drug-likeness (QED) is 0.623. The number of nitrogens with zero attached hydrogens (tertiary/aromatic N) is 5. The molecule has 0 unspecified atom stereocenters. The summed E-state index contributed by atoms with van der Waals surface area (Å²) in [5.41, 5.74) is 3.02. The zero-order valence-electron chi connectivity index (χ0n) is 17.7. The van der Waals surface area contributed by atoms with Crippen molar-refractivity contribution in [3.05, 3.63) is 48.9 Å². The molecule has 0 spiro atoms. The van der Waals surface area contributed by atoms with Gasteiger partial charge in [0.2, 0.25) is 0 Å². The number of anilines is 1. The lowest BCUT2D eigenvalue weighted by molar-refractivity contribution is -0.112. The lowest BCUT2D eigenvalue weighted by Crippen LogP contribution is -2.37. The van der Waals surface area contributed by atoms with E-state index in [4.69, 9.17) is 4.99 Å². The Hall–Kier alpha value is -3.35. The number of H-pyrrole nitrogens is 1. The van der Waals surface area contributed by atoms with Gasteiger partial charge in [0, 0.05) is 23.9 Å². The van der Waals surface area contributed by atoms with Crippen LogP contribution in [0.4, 0.5) is 11.5 Å². The van der Waals surface area contributed by atoms with Crippen molar-refractivity contribution in [1.82, 2.24) is 15.0 Å². The molecule has 3 aromatic rings. The molecule has 7 heteroatoms. The average Bonchev–Trinajstić information content (AvgIpc) is 3.45. The number of aromatic amines is 1. The molecule has 0 radical (unpaired) electrons. The van der Waals surface area contributed by atoms with E-state index in [1.54, 1.807) is 6.33 Å². The Morgan fingerprint density at radius 2 is 2.03 bits per heavy atom. The molecule has 0 atom stereocenters. The summed E-state index contributed by atoms with van der Waals surface area (Å²) in [6, 6.07) is 11.7. The Morgan fingerprint density at radius 1 is 1.19 bits per heavy atom. The number of hydrogen-bond acceptors (Lipinski definition) is 5. The van der Waals surface area contributed by atoms with Gasteiger partial charge in [-0.15, -0.1) is 0 Å². The van der Waals surface area contributed by atoms with Crippen LogP contribution in [0.3, 0.4) is 0 Å². The van der Waals surface area contributed by atoms with Gasteiger partial charge in [0.25, 0.3) is 5.91 Å². The second-order valence-corrected chi connectivity index (χ2v) is 8.38. The molecule has 1 aliphatic carbocycles. The lowest BCUT2D eigenvalue weighted by Gasteiger charge is -2.29. The van der Waals surface area contributed by atoms with E-state index < -0.39 is 0 Å². The van der Waals surface area contributed by atoms with E-state index in [1.165, 1.54) is 0 Å². The number of piperidine rings is 1. The van der Waals surface area contributed by atoms with Crippen molar-refractivity contribution >= 4 is 39.9 Å². The van der Waals surface area contributed by atoms with Crippen LogP contribution in [0.2, 0.25) is 0 Å². The number of hydrogen-bond donors (Lipinski definition) is 1. The van der Waals surface area contributed by atoms with Crippen molar-refractivity contribution < 1.29 is 4.79 Å². The van der Waals surface area contributed by atoms with Crippen LogP contribution in [0.25, 0.3) is 11.0 Å². The van der Waals surface area contributed by atoms with Crippen LogP contribution in [0, 0.1) is 5.41 Å². The second-order valence-electron chi connectivity index (χ2n) is 8.38. The molecule has 158 valence electrons. The molecular weight excluding hydrogens is 388 g/mol. The molecule has 2 fully saturated rings. The average molecular weight is 415 g/mol. The summed E-state index contributed by atoms with van der Waals surface area (Å²) in [4.78, 5) is 36.8. The van der Waals surface area contributed by atoms with E-state index >= 15 is 0 Å². The predicted octanol–water partition coefficient (Wildman–Crippen LogP) is 4.49. The van der Waals surface area contributed by atoms with Crippen LogP contribution in [0.5, 0.6) is 0 Å². The summed E-state index contributed by atoms with van der Waals surface area (Å²) in [5, 5.41) is 0.990. The van der Waals surface area contributed by atoms with Gasteiger partial charge >= 0.3 is 0 Å². The SMILES string of the molecule is CCC1(C(=Nc2ccccc2)C(=O)N=C2CCCN(c3ncnc4[nH]ccc34)C2)CC1. The first kappa shape index (κ1) is 19.6. The third-order valence-electron chi connectivity index (χ3n) is 6.39. The van der Waals surface area contributed by atoms with Gasteiger partial charge in [-0.2, -0.15) is 0 Å². The van der Waals surface area contributed by atoms with Gasteiger partial charge in [-0.25, -0.2) is 20.0 Å². The smallest absolute Gasteiger partial charge is 0.291 e. The minimum atomic E-state index is -0.186. The molecule has 1 saturated carbocycles. The molecule has 5 rings (SSSR count). The standard InChI is InChI=1S/C24H26N6O/c1-2-24(11-12-24)20(28-17-7-4-3-5-8-17)23(31)29-18-9-6-14-30(15-18)22-19-10-13-25-21(19)26-16-27-22/h3-5,7-8,10,13,16H,2,6,9,11-12,14-15H2,1H3,(H,25,26,27). The molecule has 0 bridgehead atoms. The predicted molar refractivity (Wildman–Crippen MR) is 123 cm³/mol. The molecular formula is C24H26N6O. The third-order valence-corrected chi connectivity index (χ3v) is 6.39. The second kappa shape index (κ2) is 8.06. The summed E-state index contributed by atoms with van der Waals surface area (Å²) in [6.45, 7) is 3.61. The highest BCUT2D eigenvalue weighted by molar-refractivity contribution is 6.43. The van der Waals surface area contributed by atoms with Crippen LogP contribution in [0.1, 0.15) is 39.0 Å². The van der Waals surface area contributed by atoms with Crippen LogP contribution in [0.15, 0.2) is 58.9 Å². The highest BCUT2D eigenvalue weighted by Gasteiger charge is 2.48. The van der Waals surface area contributed by atoms with Crippen molar-refractivity contribution in [2.24, 2.45) is 15.4 Å². The van der Waals surface area contributed by atoms with Crippen molar-refractivity contribution in [3.8, 4) is 0 Å². The van der Waals surface area contributed by atoms with Crippen LogP contribution >= 0.6 is 0 Å². The Kier molecular flexibility index (Phi) is 5.10. The Balaban J connectivity index is 1.42. The minimum Gasteiger partial charge on any atom is -0.350 e. The number of para-hydroxylation sites is 1. The number of fused-ring (bicyclic) bond motifs is 1. The highest BCUT2D eigenvalue weighted by Crippen LogP contribution is 2.50. The van der Waals surface area contributed by atoms with Gasteiger partial charge in [0.15, 0.2) is 0 Å². The van der Waals surface area contributed by atoms with E-state index in [-0.39, 0.29) is 11.3 Å².